The Kier molecular flexibility index (Phi) is 4.60. The van der Waals surface area contributed by atoms with E-state index in [4.69, 9.17) is 0 Å². The Morgan fingerprint density at radius 1 is 1.70 bits per heavy atom. The molecule has 1 rings (SSSR count). The molecule has 1 aliphatic rings. The first-order valence-corrected chi connectivity index (χ1v) is 3.22. The Hall–Kier alpha value is -0.120. The van der Waals surface area contributed by atoms with E-state index in [1.54, 1.807) is 7.05 Å². The monoisotopic (exact) mass is 164 g/mol. The molecule has 1 heterocycles. The van der Waals surface area contributed by atoms with Crippen molar-refractivity contribution in [3.63, 3.8) is 0 Å². The normalized spacial score (nSPS) is 17.3. The van der Waals surface area contributed by atoms with Gasteiger partial charge in [0.2, 0.25) is 0 Å². The molecule has 0 saturated carbocycles. The van der Waals surface area contributed by atoms with Crippen molar-refractivity contribution in [2.24, 2.45) is 5.92 Å². The van der Waals surface area contributed by atoms with Crippen LogP contribution >= 0.6 is 12.4 Å². The van der Waals surface area contributed by atoms with Gasteiger partial charge in [-0.1, -0.05) is 0 Å². The number of ketones is 1. The van der Waals surface area contributed by atoms with Gasteiger partial charge >= 0.3 is 0 Å². The molecule has 60 valence electrons. The molecule has 0 unspecified atom stereocenters. The largest absolute Gasteiger partial charge is 0.315 e. The van der Waals surface area contributed by atoms with Crippen molar-refractivity contribution in [1.82, 2.24) is 10.6 Å². The van der Waals surface area contributed by atoms with Gasteiger partial charge in [0, 0.05) is 19.0 Å². The van der Waals surface area contributed by atoms with Crippen LogP contribution in [0.2, 0.25) is 0 Å². The van der Waals surface area contributed by atoms with Crippen molar-refractivity contribution in [2.45, 2.75) is 0 Å². The maximum atomic E-state index is 10.9. The van der Waals surface area contributed by atoms with Gasteiger partial charge in [-0.3, -0.25) is 4.79 Å². The van der Waals surface area contributed by atoms with E-state index in [-0.39, 0.29) is 18.3 Å². The molecule has 1 aliphatic heterocycles. The third-order valence-electron chi connectivity index (χ3n) is 1.59. The summed E-state index contributed by atoms with van der Waals surface area (Å²) >= 11 is 0. The minimum Gasteiger partial charge on any atom is -0.315 e. The lowest BCUT2D eigenvalue weighted by molar-refractivity contribution is -0.123. The number of carbonyl (C=O) groups excluding carboxylic acids is 1. The van der Waals surface area contributed by atoms with E-state index < -0.39 is 0 Å². The van der Waals surface area contributed by atoms with Crippen molar-refractivity contribution >= 4 is 18.2 Å². The van der Waals surface area contributed by atoms with Crippen LogP contribution in [-0.4, -0.2) is 32.5 Å². The molecule has 10 heavy (non-hydrogen) atoms. The Bertz CT molecular complexity index is 114. The fourth-order valence-corrected chi connectivity index (χ4v) is 0.835. The van der Waals surface area contributed by atoms with E-state index in [0.29, 0.717) is 12.3 Å². The Balaban J connectivity index is 0.000000810. The van der Waals surface area contributed by atoms with Crippen molar-refractivity contribution < 1.29 is 4.79 Å². The highest BCUT2D eigenvalue weighted by Crippen LogP contribution is 2.02. The second-order valence-corrected chi connectivity index (χ2v) is 2.35. The highest BCUT2D eigenvalue weighted by molar-refractivity contribution is 5.85. The number of rotatable bonds is 3. The highest BCUT2D eigenvalue weighted by atomic mass is 35.5. The van der Waals surface area contributed by atoms with Crippen LogP contribution in [0.4, 0.5) is 0 Å². The molecule has 4 heteroatoms. The molecule has 0 amide bonds. The fraction of sp³-hybridized carbons (Fsp3) is 0.833. The zero-order valence-corrected chi connectivity index (χ0v) is 6.83. The molecule has 0 aromatic heterocycles. The predicted molar refractivity (Wildman–Crippen MR) is 42.5 cm³/mol. The van der Waals surface area contributed by atoms with Crippen LogP contribution in [0.1, 0.15) is 0 Å². The van der Waals surface area contributed by atoms with Crippen molar-refractivity contribution in [2.75, 3.05) is 26.7 Å². The molecule has 3 nitrogen and oxygen atoms in total. The van der Waals surface area contributed by atoms with Crippen LogP contribution in [0.15, 0.2) is 0 Å². The van der Waals surface area contributed by atoms with Gasteiger partial charge in [-0.05, 0) is 7.05 Å². The third-order valence-corrected chi connectivity index (χ3v) is 1.59. The lowest BCUT2D eigenvalue weighted by Crippen LogP contribution is -2.48. The Labute approximate surface area is 67.0 Å². The number of likely N-dealkylation sites (N-methyl/N-ethyl adjacent to an activating group) is 1. The first-order chi connectivity index (χ1) is 4.34. The summed E-state index contributed by atoms with van der Waals surface area (Å²) < 4.78 is 0. The second-order valence-electron chi connectivity index (χ2n) is 2.35. The zero-order chi connectivity index (χ0) is 6.69. The number of hydrogen-bond donors (Lipinski definition) is 2. The van der Waals surface area contributed by atoms with E-state index in [9.17, 15) is 4.79 Å². The maximum absolute atomic E-state index is 10.9. The molecule has 1 saturated heterocycles. The molecule has 0 bridgehead atoms. The van der Waals surface area contributed by atoms with Crippen molar-refractivity contribution in [3.8, 4) is 0 Å². The van der Waals surface area contributed by atoms with Gasteiger partial charge in [-0.25, -0.2) is 0 Å². The number of Topliss-reactive ketones (excluding diaryl/α,β-unsaturated/α-hetero) is 1. The van der Waals surface area contributed by atoms with Gasteiger partial charge in [0.25, 0.3) is 0 Å². The van der Waals surface area contributed by atoms with E-state index in [2.05, 4.69) is 10.6 Å². The van der Waals surface area contributed by atoms with Crippen LogP contribution in [0.3, 0.4) is 0 Å². The molecule has 0 radical (unpaired) electrons. The lowest BCUT2D eigenvalue weighted by atomic mass is 9.98. The summed E-state index contributed by atoms with van der Waals surface area (Å²) in [5.41, 5.74) is 0. The minimum absolute atomic E-state index is 0. The average molecular weight is 165 g/mol. The molecule has 0 aliphatic carbocycles. The van der Waals surface area contributed by atoms with E-state index in [1.807, 2.05) is 0 Å². The Morgan fingerprint density at radius 3 is 2.60 bits per heavy atom. The molecule has 1 fully saturated rings. The van der Waals surface area contributed by atoms with E-state index in [1.165, 1.54) is 0 Å². The highest BCUT2D eigenvalue weighted by Gasteiger charge is 2.23. The number of nitrogens with one attached hydrogen (secondary N) is 2. The first-order valence-electron chi connectivity index (χ1n) is 3.22. The third kappa shape index (κ3) is 2.25. The van der Waals surface area contributed by atoms with Crippen LogP contribution in [-0.2, 0) is 4.79 Å². The number of hydrogen-bond acceptors (Lipinski definition) is 3. The van der Waals surface area contributed by atoms with Gasteiger partial charge < -0.3 is 10.6 Å². The van der Waals surface area contributed by atoms with Gasteiger partial charge in [-0.2, -0.15) is 0 Å². The summed E-state index contributed by atoms with van der Waals surface area (Å²) in [7, 11) is 1.80. The molecule has 2 N–H and O–H groups in total. The SMILES string of the molecule is CNCC(=O)C1CNC1.Cl. The lowest BCUT2D eigenvalue weighted by Gasteiger charge is -2.25. The van der Waals surface area contributed by atoms with Crippen molar-refractivity contribution in [1.29, 1.82) is 0 Å². The average Bonchev–Trinajstić information content (AvgIpc) is 1.60. The number of halogens is 1. The standard InChI is InChI=1S/C6H12N2O.ClH/c1-7-4-6(9)5-2-8-3-5;/h5,7-8H,2-4H2,1H3;1H. The molecule has 0 aromatic rings. The first kappa shape index (κ1) is 9.88. The van der Waals surface area contributed by atoms with Crippen LogP contribution < -0.4 is 10.6 Å². The molecular formula is C6H13ClN2O. The van der Waals surface area contributed by atoms with Crippen molar-refractivity contribution in [3.05, 3.63) is 0 Å². The molecular weight excluding hydrogens is 152 g/mol. The smallest absolute Gasteiger partial charge is 0.152 e. The quantitative estimate of drug-likeness (QED) is 0.587. The van der Waals surface area contributed by atoms with Gasteiger partial charge in [0.15, 0.2) is 5.78 Å². The second kappa shape index (κ2) is 4.66. The van der Waals surface area contributed by atoms with Crippen LogP contribution in [0, 0.1) is 5.92 Å². The van der Waals surface area contributed by atoms with E-state index in [0.717, 1.165) is 13.1 Å². The molecule has 0 spiro atoms. The summed E-state index contributed by atoms with van der Waals surface area (Å²) in [5.74, 6) is 0.619. The number of carbonyl (C=O) groups is 1. The summed E-state index contributed by atoms with van der Waals surface area (Å²) in [5, 5.41) is 5.89. The minimum atomic E-state index is 0. The zero-order valence-electron chi connectivity index (χ0n) is 6.02. The van der Waals surface area contributed by atoms with Gasteiger partial charge in [0.05, 0.1) is 6.54 Å². The summed E-state index contributed by atoms with van der Waals surface area (Å²) in [6.07, 6.45) is 0. The predicted octanol–water partition coefficient (Wildman–Crippen LogP) is -0.584. The maximum Gasteiger partial charge on any atom is 0.152 e. The summed E-state index contributed by atoms with van der Waals surface area (Å²) in [6, 6.07) is 0. The summed E-state index contributed by atoms with van der Waals surface area (Å²) in [6.45, 7) is 2.27. The van der Waals surface area contributed by atoms with Crippen LogP contribution in [0.5, 0.6) is 0 Å². The van der Waals surface area contributed by atoms with Gasteiger partial charge in [-0.15, -0.1) is 12.4 Å². The van der Waals surface area contributed by atoms with E-state index >= 15 is 0 Å². The molecule has 0 aromatic carbocycles. The van der Waals surface area contributed by atoms with Crippen LogP contribution in [0.25, 0.3) is 0 Å². The van der Waals surface area contributed by atoms with Gasteiger partial charge in [0.1, 0.15) is 0 Å². The summed E-state index contributed by atoms with van der Waals surface area (Å²) in [4.78, 5) is 10.9. The topological polar surface area (TPSA) is 41.1 Å². The Morgan fingerprint density at radius 2 is 2.30 bits per heavy atom. The fourth-order valence-electron chi connectivity index (χ4n) is 0.835. The molecule has 0 atom stereocenters.